The molecule has 2 N–H and O–H groups in total. The number of hydrogen-bond acceptors (Lipinski definition) is 4. The summed E-state index contributed by atoms with van der Waals surface area (Å²) < 4.78 is 0. The van der Waals surface area contributed by atoms with E-state index in [9.17, 15) is 14.9 Å². The van der Waals surface area contributed by atoms with Crippen LogP contribution in [0.4, 0.5) is 11.4 Å². The van der Waals surface area contributed by atoms with Crippen molar-refractivity contribution in [3.05, 3.63) is 105 Å². The summed E-state index contributed by atoms with van der Waals surface area (Å²) in [6.45, 7) is 1.98. The second-order valence-electron chi connectivity index (χ2n) is 6.55. The lowest BCUT2D eigenvalue weighted by Gasteiger charge is -2.24. The van der Waals surface area contributed by atoms with Crippen molar-refractivity contribution in [1.82, 2.24) is 5.32 Å². The van der Waals surface area contributed by atoms with Gasteiger partial charge in [0.1, 0.15) is 6.04 Å². The van der Waals surface area contributed by atoms with E-state index in [2.05, 4.69) is 10.6 Å². The Morgan fingerprint density at radius 1 is 0.966 bits per heavy atom. The van der Waals surface area contributed by atoms with E-state index < -0.39 is 11.0 Å². The summed E-state index contributed by atoms with van der Waals surface area (Å²) in [7, 11) is 0. The van der Waals surface area contributed by atoms with Crippen molar-refractivity contribution in [3.8, 4) is 0 Å². The Labute approximate surface area is 173 Å². The fourth-order valence-corrected chi connectivity index (χ4v) is 3.20. The van der Waals surface area contributed by atoms with Crippen LogP contribution in [0.25, 0.3) is 0 Å². The molecule has 148 valence electrons. The van der Waals surface area contributed by atoms with Crippen molar-refractivity contribution in [1.29, 1.82) is 0 Å². The summed E-state index contributed by atoms with van der Waals surface area (Å²) in [6, 6.07) is 22.4. The van der Waals surface area contributed by atoms with Crippen molar-refractivity contribution in [2.24, 2.45) is 0 Å². The van der Waals surface area contributed by atoms with Crippen LogP contribution in [0.5, 0.6) is 0 Å². The molecule has 7 heteroatoms. The Kier molecular flexibility index (Phi) is 6.59. The number of halogens is 1. The molecule has 2 atom stereocenters. The molecule has 0 unspecified atom stereocenters. The van der Waals surface area contributed by atoms with Crippen LogP contribution in [-0.4, -0.2) is 10.8 Å². The number of non-ortho nitro benzene ring substituents is 1. The molecule has 0 aliphatic rings. The van der Waals surface area contributed by atoms with E-state index in [0.717, 1.165) is 11.1 Å². The molecule has 6 nitrogen and oxygen atoms in total. The average Bonchev–Trinajstić information content (AvgIpc) is 2.74. The quantitative estimate of drug-likeness (QED) is 0.410. The third kappa shape index (κ3) is 5.19. The van der Waals surface area contributed by atoms with Crippen molar-refractivity contribution >= 4 is 28.9 Å². The van der Waals surface area contributed by atoms with Crippen LogP contribution < -0.4 is 10.6 Å². The third-order valence-electron chi connectivity index (χ3n) is 4.53. The number of nitro groups is 1. The van der Waals surface area contributed by atoms with Gasteiger partial charge in [-0.1, -0.05) is 72.3 Å². The van der Waals surface area contributed by atoms with Crippen molar-refractivity contribution in [3.63, 3.8) is 0 Å². The number of hydrogen-bond donors (Lipinski definition) is 2. The number of amides is 1. The second kappa shape index (κ2) is 9.32. The van der Waals surface area contributed by atoms with Gasteiger partial charge in [0.15, 0.2) is 0 Å². The van der Waals surface area contributed by atoms with Gasteiger partial charge in [0.2, 0.25) is 5.91 Å². The third-order valence-corrected chi connectivity index (χ3v) is 4.85. The Morgan fingerprint density at radius 2 is 1.55 bits per heavy atom. The van der Waals surface area contributed by atoms with Crippen LogP contribution in [0.2, 0.25) is 5.02 Å². The van der Waals surface area contributed by atoms with Crippen LogP contribution in [-0.2, 0) is 4.79 Å². The number of carbonyl (C=O) groups excluding carboxylic acids is 1. The molecular weight excluding hydrogens is 390 g/mol. The first kappa shape index (κ1) is 20.5. The maximum atomic E-state index is 13.1. The van der Waals surface area contributed by atoms with E-state index in [1.165, 1.54) is 18.2 Å². The molecule has 3 aromatic rings. The van der Waals surface area contributed by atoms with Gasteiger partial charge in [-0.3, -0.25) is 20.2 Å². The summed E-state index contributed by atoms with van der Waals surface area (Å²) in [5, 5.41) is 17.1. The first-order valence-electron chi connectivity index (χ1n) is 9.06. The summed E-state index contributed by atoms with van der Waals surface area (Å²) in [6.07, 6.45) is 0. The zero-order chi connectivity index (χ0) is 20.8. The Hall–Kier alpha value is -3.22. The fourth-order valence-electron chi connectivity index (χ4n) is 2.98. The molecule has 0 aliphatic heterocycles. The normalized spacial score (nSPS) is 12.8. The molecule has 29 heavy (non-hydrogen) atoms. The van der Waals surface area contributed by atoms with E-state index in [1.54, 1.807) is 0 Å². The van der Waals surface area contributed by atoms with Gasteiger partial charge in [0, 0.05) is 18.2 Å². The first-order valence-corrected chi connectivity index (χ1v) is 9.44. The lowest BCUT2D eigenvalue weighted by Crippen LogP contribution is -2.34. The number of nitrogens with one attached hydrogen (secondary N) is 2. The van der Waals surface area contributed by atoms with Crippen LogP contribution in [0.1, 0.15) is 30.1 Å². The molecule has 0 aliphatic carbocycles. The minimum Gasteiger partial charge on any atom is -0.323 e. The van der Waals surface area contributed by atoms with Gasteiger partial charge in [0.25, 0.3) is 5.69 Å². The lowest BCUT2D eigenvalue weighted by molar-refractivity contribution is -0.384. The highest BCUT2D eigenvalue weighted by Gasteiger charge is 2.24. The second-order valence-corrected chi connectivity index (χ2v) is 6.96. The highest BCUT2D eigenvalue weighted by molar-refractivity contribution is 6.34. The molecule has 0 bridgehead atoms. The number of anilines is 1. The molecule has 0 saturated carbocycles. The summed E-state index contributed by atoms with van der Waals surface area (Å²) in [4.78, 5) is 23.4. The molecule has 0 radical (unpaired) electrons. The van der Waals surface area contributed by atoms with Crippen LogP contribution in [0.15, 0.2) is 78.9 Å². The average molecular weight is 410 g/mol. The Balaban J connectivity index is 1.84. The predicted molar refractivity (Wildman–Crippen MR) is 114 cm³/mol. The molecule has 1 amide bonds. The van der Waals surface area contributed by atoms with Gasteiger partial charge in [-0.05, 0) is 24.1 Å². The largest absolute Gasteiger partial charge is 0.323 e. The summed E-state index contributed by atoms with van der Waals surface area (Å²) in [5.74, 6) is -0.310. The molecule has 0 aromatic heterocycles. The van der Waals surface area contributed by atoms with E-state index in [-0.39, 0.29) is 22.7 Å². The van der Waals surface area contributed by atoms with Gasteiger partial charge in [0.05, 0.1) is 15.6 Å². The molecule has 3 rings (SSSR count). The van der Waals surface area contributed by atoms with Crippen LogP contribution in [0.3, 0.4) is 0 Å². The first-order chi connectivity index (χ1) is 14.0. The highest BCUT2D eigenvalue weighted by atomic mass is 35.5. The predicted octanol–water partition coefficient (Wildman–Crippen LogP) is 5.28. The zero-order valence-corrected chi connectivity index (χ0v) is 16.5. The van der Waals surface area contributed by atoms with Crippen molar-refractivity contribution in [2.45, 2.75) is 19.0 Å². The number of nitrogens with zero attached hydrogens (tertiary/aromatic N) is 1. The highest BCUT2D eigenvalue weighted by Crippen LogP contribution is 2.28. The van der Waals surface area contributed by atoms with Crippen molar-refractivity contribution in [2.75, 3.05) is 5.32 Å². The van der Waals surface area contributed by atoms with Crippen LogP contribution >= 0.6 is 11.6 Å². The maximum Gasteiger partial charge on any atom is 0.271 e. The standard InChI is InChI=1S/C22H20ClN3O3/c1-15(16-8-4-2-5-9-16)24-21(17-10-6-3-7-11-17)22(27)25-20-13-12-18(26(28)29)14-19(20)23/h2-15,21,24H,1H3,(H,25,27)/t15-,21-/m1/s1. The summed E-state index contributed by atoms with van der Waals surface area (Å²) in [5.41, 5.74) is 2.03. The van der Waals surface area contributed by atoms with Gasteiger partial charge in [-0.25, -0.2) is 0 Å². The Morgan fingerprint density at radius 3 is 2.10 bits per heavy atom. The number of carbonyl (C=O) groups is 1. The van der Waals surface area contributed by atoms with E-state index in [4.69, 9.17) is 11.6 Å². The molecule has 0 spiro atoms. The SMILES string of the molecule is C[C@@H](N[C@@H](C(=O)Nc1ccc([N+](=O)[O-])cc1Cl)c1ccccc1)c1ccccc1. The fraction of sp³-hybridized carbons (Fsp3) is 0.136. The molecular formula is C22H20ClN3O3. The summed E-state index contributed by atoms with van der Waals surface area (Å²) >= 11 is 6.13. The Bertz CT molecular complexity index is 997. The molecule has 0 heterocycles. The molecule has 0 saturated heterocycles. The van der Waals surface area contributed by atoms with E-state index >= 15 is 0 Å². The van der Waals surface area contributed by atoms with Gasteiger partial charge < -0.3 is 5.32 Å². The van der Waals surface area contributed by atoms with Gasteiger partial charge >= 0.3 is 0 Å². The topological polar surface area (TPSA) is 84.3 Å². The van der Waals surface area contributed by atoms with E-state index in [0.29, 0.717) is 5.69 Å². The smallest absolute Gasteiger partial charge is 0.271 e. The van der Waals surface area contributed by atoms with Crippen LogP contribution in [0, 0.1) is 10.1 Å². The van der Waals surface area contributed by atoms with Gasteiger partial charge in [-0.2, -0.15) is 0 Å². The number of benzene rings is 3. The van der Waals surface area contributed by atoms with Crippen molar-refractivity contribution < 1.29 is 9.72 Å². The zero-order valence-electron chi connectivity index (χ0n) is 15.7. The maximum absolute atomic E-state index is 13.1. The van der Waals surface area contributed by atoms with Gasteiger partial charge in [-0.15, -0.1) is 0 Å². The molecule has 3 aromatic carbocycles. The number of rotatable bonds is 7. The minimum atomic E-state index is -0.641. The van der Waals surface area contributed by atoms with E-state index in [1.807, 2.05) is 67.6 Å². The number of nitro benzene ring substituents is 1. The monoisotopic (exact) mass is 409 g/mol. The lowest BCUT2D eigenvalue weighted by atomic mass is 10.0. The minimum absolute atomic E-state index is 0.0838. The molecule has 0 fully saturated rings.